The second-order valence-corrected chi connectivity index (χ2v) is 8.03. The summed E-state index contributed by atoms with van der Waals surface area (Å²) in [7, 11) is 0. The Labute approximate surface area is 165 Å². The van der Waals surface area contributed by atoms with E-state index in [4.69, 9.17) is 0 Å². The lowest BCUT2D eigenvalue weighted by molar-refractivity contribution is -0.200. The number of carbonyl (C=O) groups excluding carboxylic acids is 2. The highest BCUT2D eigenvalue weighted by molar-refractivity contribution is 5.80. The number of likely N-dealkylation sites (tertiary alicyclic amines) is 2. The Hall–Kier alpha value is -2.66. The van der Waals surface area contributed by atoms with Gasteiger partial charge in [0.1, 0.15) is 0 Å². The molecule has 1 spiro atoms. The summed E-state index contributed by atoms with van der Waals surface area (Å²) < 4.78 is 0. The molecule has 2 aliphatic rings. The first kappa shape index (κ1) is 18.7. The topological polar surface area (TPSA) is 60.9 Å². The van der Waals surface area contributed by atoms with Crippen molar-refractivity contribution in [3.8, 4) is 11.1 Å². The third kappa shape index (κ3) is 2.65. The number of aliphatic hydroxyl groups is 1. The van der Waals surface area contributed by atoms with Gasteiger partial charge in [-0.1, -0.05) is 48.5 Å². The second kappa shape index (κ2) is 6.74. The van der Waals surface area contributed by atoms with Crippen LogP contribution in [0.1, 0.15) is 30.9 Å². The predicted molar refractivity (Wildman–Crippen MR) is 108 cm³/mol. The summed E-state index contributed by atoms with van der Waals surface area (Å²) in [6.07, 6.45) is 0. The Morgan fingerprint density at radius 2 is 1.68 bits per heavy atom. The van der Waals surface area contributed by atoms with Crippen molar-refractivity contribution >= 4 is 11.8 Å². The Morgan fingerprint density at radius 3 is 2.21 bits per heavy atom. The first-order valence-corrected chi connectivity index (χ1v) is 9.71. The summed E-state index contributed by atoms with van der Waals surface area (Å²) in [6.45, 7) is 6.18. The zero-order valence-corrected chi connectivity index (χ0v) is 16.6. The molecule has 2 saturated heterocycles. The molecule has 1 N–H and O–H groups in total. The minimum Gasteiger partial charge on any atom is -0.394 e. The van der Waals surface area contributed by atoms with Crippen LogP contribution in [0.5, 0.6) is 0 Å². The molecule has 2 aromatic carbocycles. The number of nitrogens with zero attached hydrogens (tertiary/aromatic N) is 2. The molecule has 2 atom stereocenters. The van der Waals surface area contributed by atoms with E-state index in [1.54, 1.807) is 23.6 Å². The molecule has 2 heterocycles. The van der Waals surface area contributed by atoms with Crippen molar-refractivity contribution < 1.29 is 14.7 Å². The van der Waals surface area contributed by atoms with Crippen LogP contribution in [-0.4, -0.2) is 58.0 Å². The molecule has 4 rings (SSSR count). The Balaban J connectivity index is 1.66. The zero-order chi connectivity index (χ0) is 20.1. The molecule has 0 bridgehead atoms. The third-order valence-corrected chi connectivity index (χ3v) is 6.40. The van der Waals surface area contributed by atoms with E-state index in [1.807, 2.05) is 12.1 Å². The van der Waals surface area contributed by atoms with Gasteiger partial charge in [0.2, 0.25) is 11.8 Å². The summed E-state index contributed by atoms with van der Waals surface area (Å²) in [6, 6.07) is 16.5. The van der Waals surface area contributed by atoms with Crippen LogP contribution in [0, 0.1) is 6.92 Å². The molecule has 28 heavy (non-hydrogen) atoms. The summed E-state index contributed by atoms with van der Waals surface area (Å²) in [4.78, 5) is 27.5. The average molecular weight is 378 g/mol. The fourth-order valence-corrected chi connectivity index (χ4v) is 5.12. The van der Waals surface area contributed by atoms with Gasteiger partial charge < -0.3 is 14.9 Å². The molecule has 0 saturated carbocycles. The van der Waals surface area contributed by atoms with Gasteiger partial charge in [0, 0.05) is 32.9 Å². The average Bonchev–Trinajstić information content (AvgIpc) is 2.60. The highest BCUT2D eigenvalue weighted by atomic mass is 16.3. The van der Waals surface area contributed by atoms with Gasteiger partial charge in [0.25, 0.3) is 0 Å². The van der Waals surface area contributed by atoms with E-state index in [0.717, 1.165) is 11.1 Å². The van der Waals surface area contributed by atoms with Crippen molar-refractivity contribution in [3.63, 3.8) is 0 Å². The maximum absolute atomic E-state index is 12.2. The lowest BCUT2D eigenvalue weighted by Crippen LogP contribution is -2.85. The maximum atomic E-state index is 12.2. The van der Waals surface area contributed by atoms with Gasteiger partial charge in [-0.2, -0.15) is 0 Å². The fourth-order valence-electron chi connectivity index (χ4n) is 5.12. The number of amides is 2. The van der Waals surface area contributed by atoms with Gasteiger partial charge in [-0.15, -0.1) is 0 Å². The van der Waals surface area contributed by atoms with Crippen molar-refractivity contribution in [1.82, 2.24) is 9.80 Å². The van der Waals surface area contributed by atoms with Gasteiger partial charge >= 0.3 is 0 Å². The van der Waals surface area contributed by atoms with Crippen molar-refractivity contribution in [2.24, 2.45) is 0 Å². The lowest BCUT2D eigenvalue weighted by Gasteiger charge is -2.70. The van der Waals surface area contributed by atoms with Crippen LogP contribution in [0.2, 0.25) is 0 Å². The highest BCUT2D eigenvalue weighted by Gasteiger charge is 2.67. The Kier molecular flexibility index (Phi) is 4.50. The molecule has 0 aliphatic carbocycles. The molecule has 2 fully saturated rings. The van der Waals surface area contributed by atoms with E-state index in [0.29, 0.717) is 13.1 Å². The molecule has 0 radical (unpaired) electrons. The molecular formula is C23H26N2O3. The normalized spacial score (nSPS) is 22.6. The molecule has 0 unspecified atom stereocenters. The van der Waals surface area contributed by atoms with Gasteiger partial charge in [-0.25, -0.2) is 0 Å². The number of aryl methyl sites for hydroxylation is 1. The fraction of sp³-hybridized carbons (Fsp3) is 0.391. The van der Waals surface area contributed by atoms with Crippen LogP contribution in [0.4, 0.5) is 0 Å². The quantitative estimate of drug-likeness (QED) is 0.893. The minimum atomic E-state index is -0.394. The number of carbonyl (C=O) groups is 2. The Bertz CT molecular complexity index is 916. The summed E-state index contributed by atoms with van der Waals surface area (Å²) in [5, 5.41) is 9.96. The summed E-state index contributed by atoms with van der Waals surface area (Å²) >= 11 is 0. The number of aliphatic hydroxyl groups excluding tert-OH is 1. The minimum absolute atomic E-state index is 0.0234. The van der Waals surface area contributed by atoms with Gasteiger partial charge in [-0.05, 0) is 29.2 Å². The van der Waals surface area contributed by atoms with Crippen molar-refractivity contribution in [2.45, 2.75) is 38.3 Å². The van der Waals surface area contributed by atoms with Crippen LogP contribution < -0.4 is 0 Å². The predicted octanol–water partition coefficient (Wildman–Crippen LogP) is 2.57. The number of benzene rings is 2. The molecule has 5 heteroatoms. The molecule has 2 aromatic rings. The van der Waals surface area contributed by atoms with Crippen molar-refractivity contribution in [1.29, 1.82) is 0 Å². The van der Waals surface area contributed by atoms with E-state index in [1.165, 1.54) is 11.1 Å². The van der Waals surface area contributed by atoms with Crippen LogP contribution in [0.3, 0.4) is 0 Å². The molecular weight excluding hydrogens is 352 g/mol. The maximum Gasteiger partial charge on any atom is 0.220 e. The summed E-state index contributed by atoms with van der Waals surface area (Å²) in [5.41, 5.74) is 4.29. The first-order valence-electron chi connectivity index (χ1n) is 9.71. The summed E-state index contributed by atoms with van der Waals surface area (Å²) in [5.74, 6) is 0.00757. The monoisotopic (exact) mass is 378 g/mol. The van der Waals surface area contributed by atoms with Gasteiger partial charge in [0.05, 0.1) is 18.2 Å². The van der Waals surface area contributed by atoms with E-state index in [2.05, 4.69) is 43.3 Å². The number of hydrogen-bond acceptors (Lipinski definition) is 3. The van der Waals surface area contributed by atoms with Crippen molar-refractivity contribution in [2.75, 3.05) is 19.7 Å². The van der Waals surface area contributed by atoms with Crippen LogP contribution in [-0.2, 0) is 9.59 Å². The van der Waals surface area contributed by atoms with Gasteiger partial charge in [0.15, 0.2) is 0 Å². The van der Waals surface area contributed by atoms with E-state index >= 15 is 0 Å². The van der Waals surface area contributed by atoms with Crippen molar-refractivity contribution in [3.05, 3.63) is 59.7 Å². The molecule has 0 aromatic heterocycles. The zero-order valence-electron chi connectivity index (χ0n) is 16.6. The molecule has 2 amide bonds. The SMILES string of the molecule is CC(=O)N1CC2(C1)[C@H](c1ccc(-c3ccccc3C)cc1)[C@@H](CO)N2C(C)=O. The van der Waals surface area contributed by atoms with Gasteiger partial charge in [-0.3, -0.25) is 9.59 Å². The van der Waals surface area contributed by atoms with E-state index in [9.17, 15) is 14.7 Å². The van der Waals surface area contributed by atoms with Crippen LogP contribution in [0.15, 0.2) is 48.5 Å². The number of hydrogen-bond donors (Lipinski definition) is 1. The first-order chi connectivity index (χ1) is 13.4. The largest absolute Gasteiger partial charge is 0.394 e. The second-order valence-electron chi connectivity index (χ2n) is 8.03. The molecule has 146 valence electrons. The molecule has 5 nitrogen and oxygen atoms in total. The standard InChI is InChI=1S/C23H26N2O3/c1-15-6-4-5-7-20(15)18-8-10-19(11-9-18)22-21(12-26)25(17(3)28)23(22)13-24(14-23)16(2)27/h4-11,21-22,26H,12-14H2,1-3H3/t21-,22-/m1/s1. The number of rotatable bonds is 3. The smallest absolute Gasteiger partial charge is 0.220 e. The van der Waals surface area contributed by atoms with Crippen LogP contribution in [0.25, 0.3) is 11.1 Å². The van der Waals surface area contributed by atoms with E-state index in [-0.39, 0.29) is 30.4 Å². The van der Waals surface area contributed by atoms with Crippen LogP contribution >= 0.6 is 0 Å². The third-order valence-electron chi connectivity index (χ3n) is 6.40. The molecule has 2 aliphatic heterocycles. The lowest BCUT2D eigenvalue weighted by atomic mass is 9.60. The van der Waals surface area contributed by atoms with E-state index < -0.39 is 5.54 Å². The Morgan fingerprint density at radius 1 is 1.04 bits per heavy atom. The highest BCUT2D eigenvalue weighted by Crippen LogP contribution is 2.53.